The first-order chi connectivity index (χ1) is 4.83. The van der Waals surface area contributed by atoms with Crippen LogP contribution in [0.3, 0.4) is 0 Å². The molecule has 0 atom stereocenters. The maximum Gasteiger partial charge on any atom is 0.0410 e. The first kappa shape index (κ1) is 11.2. The Morgan fingerprint density at radius 1 is 1.45 bits per heavy atom. The topological polar surface area (TPSA) is 12.9 Å². The molecule has 0 spiro atoms. The van der Waals surface area contributed by atoms with Gasteiger partial charge in [-0.25, -0.2) is 0 Å². The molecule has 1 heterocycles. The minimum atomic E-state index is 0. The van der Waals surface area contributed by atoms with E-state index in [-0.39, 0.29) is 12.4 Å². The summed E-state index contributed by atoms with van der Waals surface area (Å²) in [6.45, 7) is 0. The van der Waals surface area contributed by atoms with Crippen molar-refractivity contribution in [1.82, 2.24) is 4.98 Å². The van der Waals surface area contributed by atoms with Crippen LogP contribution in [0, 0.1) is 0 Å². The highest BCUT2D eigenvalue weighted by atomic mass is 79.9. The molecule has 0 aromatic carbocycles. The minimum absolute atomic E-state index is 0. The fraction of sp³-hybridized carbons (Fsp3) is 0.286. The van der Waals surface area contributed by atoms with Crippen molar-refractivity contribution in [1.29, 1.82) is 0 Å². The molecule has 62 valence electrons. The zero-order valence-electron chi connectivity index (χ0n) is 5.76. The third-order valence-corrected chi connectivity index (χ3v) is 1.77. The van der Waals surface area contributed by atoms with Gasteiger partial charge in [0.05, 0.1) is 0 Å². The zero-order chi connectivity index (χ0) is 7.40. The van der Waals surface area contributed by atoms with E-state index in [0.29, 0.717) is 5.88 Å². The van der Waals surface area contributed by atoms with E-state index >= 15 is 0 Å². The number of halogens is 3. The molecule has 0 unspecified atom stereocenters. The Hall–Kier alpha value is 0.210. The van der Waals surface area contributed by atoms with E-state index in [1.165, 1.54) is 5.56 Å². The molecular formula is C7H8BrCl2N. The summed E-state index contributed by atoms with van der Waals surface area (Å²) < 4.78 is 1.01. The van der Waals surface area contributed by atoms with Gasteiger partial charge in [-0.3, -0.25) is 4.98 Å². The molecule has 4 heteroatoms. The number of pyridine rings is 1. The molecular weight excluding hydrogens is 249 g/mol. The summed E-state index contributed by atoms with van der Waals surface area (Å²) >= 11 is 8.87. The normalized spacial score (nSPS) is 8.91. The van der Waals surface area contributed by atoms with Crippen LogP contribution in [-0.4, -0.2) is 10.9 Å². The third-order valence-electron chi connectivity index (χ3n) is 1.14. The van der Waals surface area contributed by atoms with Crippen LogP contribution >= 0.6 is 39.9 Å². The average molecular weight is 257 g/mol. The molecule has 0 saturated heterocycles. The van der Waals surface area contributed by atoms with Crippen LogP contribution in [0.1, 0.15) is 5.56 Å². The van der Waals surface area contributed by atoms with Gasteiger partial charge in [-0.05, 0) is 34.0 Å². The van der Waals surface area contributed by atoms with E-state index in [1.54, 1.807) is 6.20 Å². The quantitative estimate of drug-likeness (QED) is 0.742. The molecule has 0 fully saturated rings. The molecule has 0 bridgehead atoms. The van der Waals surface area contributed by atoms with Gasteiger partial charge < -0.3 is 0 Å². The molecule has 0 amide bonds. The number of aryl methyl sites for hydroxylation is 1. The predicted octanol–water partition coefficient (Wildman–Crippen LogP) is 3.05. The first-order valence-electron chi connectivity index (χ1n) is 2.98. The summed E-state index contributed by atoms with van der Waals surface area (Å²) in [5, 5.41) is 0. The van der Waals surface area contributed by atoms with Crippen molar-refractivity contribution in [2.45, 2.75) is 6.42 Å². The lowest BCUT2D eigenvalue weighted by Gasteiger charge is -1.95. The van der Waals surface area contributed by atoms with Crippen molar-refractivity contribution in [3.8, 4) is 0 Å². The molecule has 1 aromatic heterocycles. The summed E-state index contributed by atoms with van der Waals surface area (Å²) in [5.74, 6) is 0.651. The fourth-order valence-electron chi connectivity index (χ4n) is 0.702. The number of hydrogen-bond donors (Lipinski definition) is 0. The smallest absolute Gasteiger partial charge is 0.0410 e. The number of nitrogens with zero attached hydrogens (tertiary/aromatic N) is 1. The molecule has 1 nitrogen and oxygen atoms in total. The molecule has 0 aliphatic carbocycles. The molecule has 0 radical (unpaired) electrons. The average Bonchev–Trinajstić information content (AvgIpc) is 1.88. The van der Waals surface area contributed by atoms with E-state index in [0.717, 1.165) is 10.9 Å². The lowest BCUT2D eigenvalue weighted by molar-refractivity contribution is 1.10. The summed E-state index contributed by atoms with van der Waals surface area (Å²) in [4.78, 5) is 4.00. The second kappa shape index (κ2) is 5.81. The highest BCUT2D eigenvalue weighted by Crippen LogP contribution is 2.09. The van der Waals surface area contributed by atoms with E-state index < -0.39 is 0 Å². The Bertz CT molecular complexity index is 217. The Kier molecular flexibility index (Phi) is 5.92. The van der Waals surface area contributed by atoms with Crippen LogP contribution in [0.25, 0.3) is 0 Å². The Balaban J connectivity index is 0.000001000. The molecule has 0 aliphatic heterocycles. The summed E-state index contributed by atoms with van der Waals surface area (Å²) in [6, 6.07) is 2.02. The zero-order valence-corrected chi connectivity index (χ0v) is 8.92. The van der Waals surface area contributed by atoms with Crippen LogP contribution in [0.15, 0.2) is 22.9 Å². The van der Waals surface area contributed by atoms with Gasteiger partial charge in [0.25, 0.3) is 0 Å². The van der Waals surface area contributed by atoms with Crippen molar-refractivity contribution in [3.63, 3.8) is 0 Å². The second-order valence-corrected chi connectivity index (χ2v) is 3.24. The van der Waals surface area contributed by atoms with Gasteiger partial charge in [0.2, 0.25) is 0 Å². The van der Waals surface area contributed by atoms with Crippen LogP contribution in [0.2, 0.25) is 0 Å². The number of alkyl halides is 1. The molecule has 0 saturated carbocycles. The van der Waals surface area contributed by atoms with Gasteiger partial charge in [0.15, 0.2) is 0 Å². The van der Waals surface area contributed by atoms with Crippen molar-refractivity contribution in [2.24, 2.45) is 0 Å². The number of hydrogen-bond acceptors (Lipinski definition) is 1. The Morgan fingerprint density at radius 3 is 2.73 bits per heavy atom. The maximum atomic E-state index is 5.55. The largest absolute Gasteiger partial charge is 0.263 e. The fourth-order valence-corrected chi connectivity index (χ4v) is 1.33. The standard InChI is InChI=1S/C7H7BrClN.ClH/c8-7-3-6(1-2-9)4-10-5-7;/h3-5H,1-2H2;1H. The summed E-state index contributed by atoms with van der Waals surface area (Å²) in [6.07, 6.45) is 4.47. The minimum Gasteiger partial charge on any atom is -0.263 e. The van der Waals surface area contributed by atoms with Crippen molar-refractivity contribution < 1.29 is 0 Å². The lowest BCUT2D eigenvalue weighted by atomic mass is 10.2. The van der Waals surface area contributed by atoms with E-state index in [1.807, 2.05) is 12.3 Å². The van der Waals surface area contributed by atoms with Gasteiger partial charge in [-0.15, -0.1) is 24.0 Å². The molecule has 11 heavy (non-hydrogen) atoms. The number of aromatic nitrogens is 1. The number of rotatable bonds is 2. The van der Waals surface area contributed by atoms with Crippen molar-refractivity contribution >= 4 is 39.9 Å². The maximum absolute atomic E-state index is 5.55. The van der Waals surface area contributed by atoms with Gasteiger partial charge in [0, 0.05) is 22.7 Å². The van der Waals surface area contributed by atoms with Crippen molar-refractivity contribution in [3.05, 3.63) is 28.5 Å². The van der Waals surface area contributed by atoms with Gasteiger partial charge >= 0.3 is 0 Å². The van der Waals surface area contributed by atoms with Crippen LogP contribution in [0.4, 0.5) is 0 Å². The van der Waals surface area contributed by atoms with E-state index in [2.05, 4.69) is 20.9 Å². The third kappa shape index (κ3) is 3.94. The SMILES string of the molecule is Cl.ClCCc1cncc(Br)c1. The molecule has 0 N–H and O–H groups in total. The van der Waals surface area contributed by atoms with Gasteiger partial charge in [-0.2, -0.15) is 0 Å². The van der Waals surface area contributed by atoms with Crippen molar-refractivity contribution in [2.75, 3.05) is 5.88 Å². The first-order valence-corrected chi connectivity index (χ1v) is 4.31. The lowest BCUT2D eigenvalue weighted by Crippen LogP contribution is -1.86. The summed E-state index contributed by atoms with van der Waals surface area (Å²) in [7, 11) is 0. The molecule has 0 aliphatic rings. The highest BCUT2D eigenvalue weighted by Gasteiger charge is 1.91. The predicted molar refractivity (Wildman–Crippen MR) is 53.6 cm³/mol. The van der Waals surface area contributed by atoms with E-state index in [4.69, 9.17) is 11.6 Å². The Labute approximate surface area is 85.7 Å². The Morgan fingerprint density at radius 2 is 2.18 bits per heavy atom. The van der Waals surface area contributed by atoms with E-state index in [9.17, 15) is 0 Å². The van der Waals surface area contributed by atoms with Crippen LogP contribution in [-0.2, 0) is 6.42 Å². The molecule has 1 aromatic rings. The second-order valence-electron chi connectivity index (χ2n) is 1.95. The molecule has 1 rings (SSSR count). The van der Waals surface area contributed by atoms with Gasteiger partial charge in [-0.1, -0.05) is 0 Å². The monoisotopic (exact) mass is 255 g/mol. The van der Waals surface area contributed by atoms with Gasteiger partial charge in [0.1, 0.15) is 0 Å². The highest BCUT2D eigenvalue weighted by molar-refractivity contribution is 9.10. The van der Waals surface area contributed by atoms with Crippen LogP contribution in [0.5, 0.6) is 0 Å². The summed E-state index contributed by atoms with van der Waals surface area (Å²) in [5.41, 5.74) is 1.17. The van der Waals surface area contributed by atoms with Crippen LogP contribution < -0.4 is 0 Å².